The van der Waals surface area contributed by atoms with Crippen molar-refractivity contribution in [1.29, 1.82) is 0 Å². The van der Waals surface area contributed by atoms with E-state index < -0.39 is 17.0 Å². The molecule has 1 aromatic heterocycles. The van der Waals surface area contributed by atoms with Gasteiger partial charge in [-0.05, 0) is 31.2 Å². The highest BCUT2D eigenvalue weighted by Crippen LogP contribution is 2.34. The minimum Gasteiger partial charge on any atom is -0.324 e. The molecule has 4 rings (SSSR count). The number of nitrogens with one attached hydrogen (secondary N) is 1. The molecule has 0 saturated carbocycles. The van der Waals surface area contributed by atoms with Crippen LogP contribution in [-0.2, 0) is 9.59 Å². The molecule has 0 bridgehead atoms. The van der Waals surface area contributed by atoms with Gasteiger partial charge in [0, 0.05) is 13.0 Å². The lowest BCUT2D eigenvalue weighted by Gasteiger charge is -2.13. The quantitative estimate of drug-likeness (QED) is 0.653. The fourth-order valence-electron chi connectivity index (χ4n) is 2.94. The first-order chi connectivity index (χ1) is 14.0. The maximum atomic E-state index is 13.7. The molecule has 3 aromatic rings. The summed E-state index contributed by atoms with van der Waals surface area (Å²) < 4.78 is 14.7. The normalized spacial score (nSPS) is 18.0. The Morgan fingerprint density at radius 1 is 1.24 bits per heavy atom. The van der Waals surface area contributed by atoms with Crippen molar-refractivity contribution in [1.82, 2.24) is 9.88 Å². The SMILES string of the molecule is CCN1C(=O)C(CC(=O)Nc2ccccc2F)S/C1=N/c1nc2ccccc2s1. The topological polar surface area (TPSA) is 74.7 Å². The Hall–Kier alpha value is -2.78. The second-order valence-corrected chi connectivity index (χ2v) is 8.46. The summed E-state index contributed by atoms with van der Waals surface area (Å²) in [6, 6.07) is 13.7. The number of carbonyl (C=O) groups excluding carboxylic acids is 2. The molecule has 29 heavy (non-hydrogen) atoms. The van der Waals surface area contributed by atoms with Crippen molar-refractivity contribution in [2.75, 3.05) is 11.9 Å². The van der Waals surface area contributed by atoms with Crippen LogP contribution >= 0.6 is 23.1 Å². The minimum atomic E-state index is -0.602. The van der Waals surface area contributed by atoms with Gasteiger partial charge in [0.05, 0.1) is 15.9 Å². The Morgan fingerprint density at radius 2 is 2.00 bits per heavy atom. The average molecular weight is 429 g/mol. The number of amidine groups is 1. The molecule has 0 radical (unpaired) electrons. The molecule has 2 amide bonds. The number of anilines is 1. The van der Waals surface area contributed by atoms with Crippen LogP contribution in [0.1, 0.15) is 13.3 Å². The van der Waals surface area contributed by atoms with Gasteiger partial charge in [-0.1, -0.05) is 47.4 Å². The number of hydrogen-bond acceptors (Lipinski definition) is 6. The van der Waals surface area contributed by atoms with Crippen LogP contribution in [0, 0.1) is 5.82 Å². The number of fused-ring (bicyclic) bond motifs is 1. The molecule has 9 heteroatoms. The van der Waals surface area contributed by atoms with Crippen LogP contribution in [0.5, 0.6) is 0 Å². The van der Waals surface area contributed by atoms with Crippen LogP contribution in [0.2, 0.25) is 0 Å². The molecule has 148 valence electrons. The molecule has 1 fully saturated rings. The standard InChI is InChI=1S/C20H17FN4O2S2/c1-2-25-18(27)16(11-17(26)22-13-8-4-3-7-12(13)21)29-20(25)24-19-23-14-9-5-6-10-15(14)28-19/h3-10,16H,2,11H2,1H3,(H,22,26)/b24-20+. The first kappa shape index (κ1) is 19.5. The van der Waals surface area contributed by atoms with Crippen LogP contribution in [0.15, 0.2) is 53.5 Å². The minimum absolute atomic E-state index is 0.0623. The van der Waals surface area contributed by atoms with Gasteiger partial charge in [-0.3, -0.25) is 14.5 Å². The second-order valence-electron chi connectivity index (χ2n) is 6.28. The maximum Gasteiger partial charge on any atom is 0.242 e. The molecule has 1 N–H and O–H groups in total. The molecule has 1 aliphatic heterocycles. The molecule has 2 heterocycles. The highest BCUT2D eigenvalue weighted by Gasteiger charge is 2.38. The second kappa shape index (κ2) is 8.30. The lowest BCUT2D eigenvalue weighted by atomic mass is 10.2. The Labute approximate surface area is 174 Å². The summed E-state index contributed by atoms with van der Waals surface area (Å²) >= 11 is 2.68. The van der Waals surface area contributed by atoms with Gasteiger partial charge in [0.2, 0.25) is 16.9 Å². The third-order valence-electron chi connectivity index (χ3n) is 4.33. The van der Waals surface area contributed by atoms with E-state index in [1.165, 1.54) is 35.2 Å². The molecular weight excluding hydrogens is 411 g/mol. The van der Waals surface area contributed by atoms with Gasteiger partial charge in [0.15, 0.2) is 5.17 Å². The molecule has 1 saturated heterocycles. The fraction of sp³-hybridized carbons (Fsp3) is 0.200. The van der Waals surface area contributed by atoms with E-state index in [0.29, 0.717) is 16.8 Å². The average Bonchev–Trinajstić information content (AvgIpc) is 3.24. The highest BCUT2D eigenvalue weighted by molar-refractivity contribution is 8.15. The molecule has 0 spiro atoms. The van der Waals surface area contributed by atoms with Gasteiger partial charge in [-0.25, -0.2) is 9.37 Å². The van der Waals surface area contributed by atoms with Crippen LogP contribution < -0.4 is 5.32 Å². The summed E-state index contributed by atoms with van der Waals surface area (Å²) in [4.78, 5) is 35.6. The molecular formula is C20H17FN4O2S2. The van der Waals surface area contributed by atoms with Gasteiger partial charge in [-0.2, -0.15) is 4.99 Å². The zero-order valence-corrected chi connectivity index (χ0v) is 17.1. The predicted octanol–water partition coefficient (Wildman–Crippen LogP) is 4.42. The Morgan fingerprint density at radius 3 is 2.76 bits per heavy atom. The van der Waals surface area contributed by atoms with E-state index in [9.17, 15) is 14.0 Å². The number of nitrogens with zero attached hydrogens (tertiary/aromatic N) is 3. The van der Waals surface area contributed by atoms with E-state index in [0.717, 1.165) is 10.2 Å². The van der Waals surface area contributed by atoms with Gasteiger partial charge in [-0.15, -0.1) is 0 Å². The number of thiazole rings is 1. The Bertz CT molecular complexity index is 1080. The summed E-state index contributed by atoms with van der Waals surface area (Å²) in [7, 11) is 0. The van der Waals surface area contributed by atoms with Gasteiger partial charge < -0.3 is 5.32 Å². The smallest absolute Gasteiger partial charge is 0.242 e. The molecule has 0 aliphatic carbocycles. The maximum absolute atomic E-state index is 13.7. The highest BCUT2D eigenvalue weighted by atomic mass is 32.2. The summed E-state index contributed by atoms with van der Waals surface area (Å²) in [6.45, 7) is 2.30. The molecule has 1 aliphatic rings. The molecule has 1 unspecified atom stereocenters. The number of benzene rings is 2. The number of carbonyl (C=O) groups is 2. The van der Waals surface area contributed by atoms with E-state index in [2.05, 4.69) is 15.3 Å². The monoisotopic (exact) mass is 428 g/mol. The summed E-state index contributed by atoms with van der Waals surface area (Å²) in [5.74, 6) is -1.11. The van der Waals surface area contributed by atoms with Gasteiger partial charge in [0.25, 0.3) is 0 Å². The van der Waals surface area contributed by atoms with Crippen LogP contribution in [-0.4, -0.2) is 38.7 Å². The number of halogens is 1. The zero-order valence-electron chi connectivity index (χ0n) is 15.5. The summed E-state index contributed by atoms with van der Waals surface area (Å²) in [5, 5.41) is 3.02. The Kier molecular flexibility index (Phi) is 5.59. The number of aliphatic imine (C=N–C) groups is 1. The van der Waals surface area contributed by atoms with Crippen LogP contribution in [0.3, 0.4) is 0 Å². The zero-order chi connectivity index (χ0) is 20.4. The number of amides is 2. The van der Waals surface area contributed by atoms with Crippen LogP contribution in [0.25, 0.3) is 10.2 Å². The third kappa shape index (κ3) is 4.15. The summed E-state index contributed by atoms with van der Waals surface area (Å²) in [5.41, 5.74) is 0.957. The van der Waals surface area contributed by atoms with Crippen molar-refractivity contribution >= 4 is 61.1 Å². The molecule has 1 atom stereocenters. The van der Waals surface area contributed by atoms with E-state index in [1.807, 2.05) is 31.2 Å². The lowest BCUT2D eigenvalue weighted by Crippen LogP contribution is -2.33. The number of aromatic nitrogens is 1. The lowest BCUT2D eigenvalue weighted by molar-refractivity contribution is -0.128. The number of thioether (sulfide) groups is 1. The van der Waals surface area contributed by atoms with Gasteiger partial charge >= 0.3 is 0 Å². The first-order valence-corrected chi connectivity index (χ1v) is 10.7. The van der Waals surface area contributed by atoms with E-state index in [-0.39, 0.29) is 18.0 Å². The molecule has 6 nitrogen and oxygen atoms in total. The van der Waals surface area contributed by atoms with E-state index in [4.69, 9.17) is 0 Å². The van der Waals surface area contributed by atoms with Crippen molar-refractivity contribution in [3.63, 3.8) is 0 Å². The van der Waals surface area contributed by atoms with Gasteiger partial charge in [0.1, 0.15) is 11.1 Å². The van der Waals surface area contributed by atoms with E-state index >= 15 is 0 Å². The van der Waals surface area contributed by atoms with Crippen molar-refractivity contribution in [2.45, 2.75) is 18.6 Å². The number of rotatable bonds is 5. The Balaban J connectivity index is 1.50. The summed E-state index contributed by atoms with van der Waals surface area (Å²) in [6.07, 6.45) is -0.0623. The third-order valence-corrected chi connectivity index (χ3v) is 6.43. The fourth-order valence-corrected chi connectivity index (χ4v) is 5.04. The van der Waals surface area contributed by atoms with Crippen molar-refractivity contribution in [2.24, 2.45) is 4.99 Å². The first-order valence-electron chi connectivity index (χ1n) is 9.02. The number of para-hydroxylation sites is 2. The predicted molar refractivity (Wildman–Crippen MR) is 115 cm³/mol. The van der Waals surface area contributed by atoms with Crippen LogP contribution in [0.4, 0.5) is 15.2 Å². The molecule has 2 aromatic carbocycles. The van der Waals surface area contributed by atoms with Crippen molar-refractivity contribution < 1.29 is 14.0 Å². The van der Waals surface area contributed by atoms with Crippen molar-refractivity contribution in [3.05, 3.63) is 54.3 Å². The largest absolute Gasteiger partial charge is 0.324 e. The number of hydrogen-bond donors (Lipinski definition) is 1. The van der Waals surface area contributed by atoms with Crippen molar-refractivity contribution in [3.8, 4) is 0 Å². The van der Waals surface area contributed by atoms with E-state index in [1.54, 1.807) is 17.0 Å².